The minimum Gasteiger partial charge on any atom is -0.508 e. The molecule has 2 heterocycles. The molecule has 0 aliphatic rings. The Kier molecular flexibility index (Phi) is 5.30. The van der Waals surface area contributed by atoms with Gasteiger partial charge in [0.1, 0.15) is 11.3 Å². The number of nitrogens with zero attached hydrogens (tertiary/aromatic N) is 2. The zero-order chi connectivity index (χ0) is 19.7. The summed E-state index contributed by atoms with van der Waals surface area (Å²) in [5.74, 6) is 0.579. The number of phenolic OH excluding ortho intramolecular Hbond substituents is 1. The SMILES string of the molecule is COCCn1c(SCc2cc(=O)oc3cc(O)ccc23)nc2cc(Cl)ccc21. The van der Waals surface area contributed by atoms with Gasteiger partial charge in [-0.15, -0.1) is 0 Å². The van der Waals surface area contributed by atoms with Crippen LogP contribution in [0.4, 0.5) is 0 Å². The Hall–Kier alpha value is -2.48. The smallest absolute Gasteiger partial charge is 0.336 e. The van der Waals surface area contributed by atoms with Gasteiger partial charge in [0.25, 0.3) is 0 Å². The van der Waals surface area contributed by atoms with Gasteiger partial charge in [-0.2, -0.15) is 0 Å². The van der Waals surface area contributed by atoms with E-state index < -0.39 is 5.63 Å². The number of aromatic nitrogens is 2. The van der Waals surface area contributed by atoms with Crippen LogP contribution >= 0.6 is 23.4 Å². The molecule has 0 amide bonds. The highest BCUT2D eigenvalue weighted by molar-refractivity contribution is 7.98. The van der Waals surface area contributed by atoms with E-state index in [4.69, 9.17) is 25.7 Å². The van der Waals surface area contributed by atoms with Gasteiger partial charge in [-0.25, -0.2) is 9.78 Å². The van der Waals surface area contributed by atoms with E-state index in [1.807, 2.05) is 18.2 Å². The van der Waals surface area contributed by atoms with E-state index in [0.29, 0.717) is 29.5 Å². The van der Waals surface area contributed by atoms with Gasteiger partial charge in [-0.1, -0.05) is 23.4 Å². The van der Waals surface area contributed by atoms with E-state index in [-0.39, 0.29) is 5.75 Å². The van der Waals surface area contributed by atoms with Crippen molar-refractivity contribution < 1.29 is 14.3 Å². The number of rotatable bonds is 6. The third-order valence-corrected chi connectivity index (χ3v) is 5.63. The summed E-state index contributed by atoms with van der Waals surface area (Å²) in [4.78, 5) is 16.6. The van der Waals surface area contributed by atoms with Gasteiger partial charge in [0, 0.05) is 41.9 Å². The van der Waals surface area contributed by atoms with Crippen LogP contribution < -0.4 is 5.63 Å². The summed E-state index contributed by atoms with van der Waals surface area (Å²) in [5.41, 5.74) is 2.52. The maximum absolute atomic E-state index is 11.9. The fourth-order valence-corrected chi connectivity index (χ4v) is 4.27. The Balaban J connectivity index is 1.71. The molecule has 4 rings (SSSR count). The number of benzene rings is 2. The number of hydrogen-bond acceptors (Lipinski definition) is 6. The molecule has 0 fully saturated rings. The van der Waals surface area contributed by atoms with Crippen molar-refractivity contribution in [2.24, 2.45) is 0 Å². The maximum Gasteiger partial charge on any atom is 0.336 e. The minimum absolute atomic E-state index is 0.0543. The Morgan fingerprint density at radius 1 is 1.25 bits per heavy atom. The second-order valence-electron chi connectivity index (χ2n) is 6.23. The Bertz CT molecular complexity index is 1220. The number of phenols is 1. The lowest BCUT2D eigenvalue weighted by Gasteiger charge is -2.09. The predicted octanol–water partition coefficient (Wildman–Crippen LogP) is 4.44. The molecule has 1 N–H and O–H groups in total. The fraction of sp³-hybridized carbons (Fsp3) is 0.200. The van der Waals surface area contributed by atoms with Crippen LogP contribution in [-0.4, -0.2) is 28.4 Å². The number of thioether (sulfide) groups is 1. The quantitative estimate of drug-likeness (QED) is 0.370. The number of imidazole rings is 1. The van der Waals surface area contributed by atoms with Crippen molar-refractivity contribution in [2.45, 2.75) is 17.5 Å². The molecule has 0 bridgehead atoms. The van der Waals surface area contributed by atoms with Crippen molar-refractivity contribution in [3.63, 3.8) is 0 Å². The number of ether oxygens (including phenoxy) is 1. The molecule has 2 aromatic carbocycles. The lowest BCUT2D eigenvalue weighted by Crippen LogP contribution is -2.06. The van der Waals surface area contributed by atoms with E-state index in [1.165, 1.54) is 23.9 Å². The number of fused-ring (bicyclic) bond motifs is 2. The Morgan fingerprint density at radius 2 is 2.11 bits per heavy atom. The lowest BCUT2D eigenvalue weighted by atomic mass is 10.1. The highest BCUT2D eigenvalue weighted by atomic mass is 35.5. The first-order valence-corrected chi connectivity index (χ1v) is 9.95. The van der Waals surface area contributed by atoms with Crippen LogP contribution in [0.5, 0.6) is 5.75 Å². The summed E-state index contributed by atoms with van der Waals surface area (Å²) in [5, 5.41) is 11.9. The monoisotopic (exact) mass is 416 g/mol. The van der Waals surface area contributed by atoms with E-state index in [2.05, 4.69) is 4.57 Å². The first kappa shape index (κ1) is 18.9. The Labute approximate surface area is 169 Å². The van der Waals surface area contributed by atoms with Crippen LogP contribution in [0.15, 0.2) is 56.8 Å². The first-order valence-electron chi connectivity index (χ1n) is 8.58. The average Bonchev–Trinajstić information content (AvgIpc) is 3.00. The molecule has 0 aliphatic heterocycles. The molecule has 8 heteroatoms. The van der Waals surface area contributed by atoms with Crippen molar-refractivity contribution >= 4 is 45.4 Å². The van der Waals surface area contributed by atoms with Crippen LogP contribution in [0.1, 0.15) is 5.56 Å². The minimum atomic E-state index is -0.451. The Morgan fingerprint density at radius 3 is 2.93 bits per heavy atom. The van der Waals surface area contributed by atoms with Crippen molar-refractivity contribution in [1.29, 1.82) is 0 Å². The average molecular weight is 417 g/mol. The first-order chi connectivity index (χ1) is 13.5. The van der Waals surface area contributed by atoms with Crippen molar-refractivity contribution in [1.82, 2.24) is 9.55 Å². The number of aromatic hydroxyl groups is 1. The van der Waals surface area contributed by atoms with Gasteiger partial charge in [0.05, 0.1) is 17.6 Å². The molecule has 4 aromatic rings. The molecule has 28 heavy (non-hydrogen) atoms. The highest BCUT2D eigenvalue weighted by Crippen LogP contribution is 2.30. The second-order valence-corrected chi connectivity index (χ2v) is 7.61. The van der Waals surface area contributed by atoms with Gasteiger partial charge < -0.3 is 18.8 Å². The van der Waals surface area contributed by atoms with Crippen molar-refractivity contribution in [3.05, 3.63) is 63.5 Å². The standard InChI is InChI=1S/C20H17ClN2O4S/c1-26-7-6-23-17-5-2-13(21)9-16(17)22-20(23)28-11-12-8-19(25)27-18-10-14(24)3-4-15(12)18/h2-5,8-10,24H,6-7,11H2,1H3. The molecule has 0 radical (unpaired) electrons. The molecule has 0 spiro atoms. The van der Waals surface area contributed by atoms with Crippen LogP contribution in [0.3, 0.4) is 0 Å². The number of halogens is 1. The number of hydrogen-bond donors (Lipinski definition) is 1. The second kappa shape index (κ2) is 7.87. The molecule has 0 aliphatic carbocycles. The van der Waals surface area contributed by atoms with Gasteiger partial charge in [-0.05, 0) is 35.9 Å². The van der Waals surface area contributed by atoms with Crippen molar-refractivity contribution in [3.8, 4) is 5.75 Å². The molecule has 0 saturated heterocycles. The van der Waals surface area contributed by atoms with E-state index >= 15 is 0 Å². The molecule has 6 nitrogen and oxygen atoms in total. The summed E-state index contributed by atoms with van der Waals surface area (Å²) in [6, 6.07) is 11.9. The maximum atomic E-state index is 11.9. The van der Waals surface area contributed by atoms with Gasteiger partial charge in [-0.3, -0.25) is 0 Å². The molecule has 0 unspecified atom stereocenters. The zero-order valence-corrected chi connectivity index (χ0v) is 16.6. The van der Waals surface area contributed by atoms with E-state index in [0.717, 1.165) is 27.1 Å². The predicted molar refractivity (Wildman–Crippen MR) is 110 cm³/mol. The van der Waals surface area contributed by atoms with E-state index in [9.17, 15) is 9.90 Å². The molecule has 0 atom stereocenters. The number of methoxy groups -OCH3 is 1. The summed E-state index contributed by atoms with van der Waals surface area (Å²) in [6.07, 6.45) is 0. The van der Waals surface area contributed by atoms with Gasteiger partial charge in [0.15, 0.2) is 5.16 Å². The van der Waals surface area contributed by atoms with Crippen LogP contribution in [-0.2, 0) is 17.0 Å². The summed E-state index contributed by atoms with van der Waals surface area (Å²) < 4.78 is 12.5. The summed E-state index contributed by atoms with van der Waals surface area (Å²) in [6.45, 7) is 1.21. The highest BCUT2D eigenvalue weighted by Gasteiger charge is 2.14. The zero-order valence-electron chi connectivity index (χ0n) is 15.0. The fourth-order valence-electron chi connectivity index (χ4n) is 3.07. The van der Waals surface area contributed by atoms with Crippen LogP contribution in [0.2, 0.25) is 5.02 Å². The van der Waals surface area contributed by atoms with Crippen molar-refractivity contribution in [2.75, 3.05) is 13.7 Å². The molecular formula is C20H17ClN2O4S. The largest absolute Gasteiger partial charge is 0.508 e. The topological polar surface area (TPSA) is 77.5 Å². The van der Waals surface area contributed by atoms with Crippen LogP contribution in [0.25, 0.3) is 22.0 Å². The third-order valence-electron chi connectivity index (χ3n) is 4.36. The van der Waals surface area contributed by atoms with Gasteiger partial charge in [0.2, 0.25) is 0 Å². The molecule has 144 valence electrons. The van der Waals surface area contributed by atoms with E-state index in [1.54, 1.807) is 19.2 Å². The summed E-state index contributed by atoms with van der Waals surface area (Å²) >= 11 is 7.63. The third kappa shape index (κ3) is 3.73. The molecule has 2 aromatic heterocycles. The van der Waals surface area contributed by atoms with Gasteiger partial charge >= 0.3 is 5.63 Å². The molecule has 0 saturated carbocycles. The normalized spacial score (nSPS) is 11.5. The lowest BCUT2D eigenvalue weighted by molar-refractivity contribution is 0.186. The summed E-state index contributed by atoms with van der Waals surface area (Å²) in [7, 11) is 1.66. The molecular weight excluding hydrogens is 400 g/mol. The van der Waals surface area contributed by atoms with Crippen LogP contribution in [0, 0.1) is 0 Å².